The zero-order valence-electron chi connectivity index (χ0n) is 7.83. The monoisotopic (exact) mass is 177 g/mol. The Hall–Kier alpha value is -1.02. The maximum atomic E-state index is 9.14. The summed E-state index contributed by atoms with van der Waals surface area (Å²) in [5, 5.41) is 12.6. The smallest absolute Gasteiger partial charge is 0.115 e. The molecule has 1 aliphatic rings. The topological polar surface area (TPSA) is 32.3 Å². The van der Waals surface area contributed by atoms with Crippen LogP contribution in [0.4, 0.5) is 0 Å². The predicted octanol–water partition coefficient (Wildman–Crippen LogP) is 1.86. The minimum atomic E-state index is 0.350. The summed E-state index contributed by atoms with van der Waals surface area (Å²) < 4.78 is 0. The lowest BCUT2D eigenvalue weighted by Crippen LogP contribution is -2.16. The van der Waals surface area contributed by atoms with Crippen molar-refractivity contribution in [3.8, 4) is 5.75 Å². The van der Waals surface area contributed by atoms with E-state index in [1.165, 1.54) is 12.0 Å². The van der Waals surface area contributed by atoms with E-state index in [9.17, 15) is 0 Å². The van der Waals surface area contributed by atoms with Gasteiger partial charge in [0, 0.05) is 12.6 Å². The Kier molecular flexibility index (Phi) is 2.23. The Balaban J connectivity index is 2.13. The molecule has 2 unspecified atom stereocenters. The summed E-state index contributed by atoms with van der Waals surface area (Å²) in [7, 11) is 0. The molecule has 0 spiro atoms. The number of phenolic OH excluding ortho intramolecular Hbond substituents is 1. The first-order chi connectivity index (χ1) is 6.25. The Morgan fingerprint density at radius 1 is 1.31 bits per heavy atom. The normalized spacial score (nSPS) is 27.8. The minimum absolute atomic E-state index is 0.350. The SMILES string of the molecule is CC1CC(c2ccc(O)cc2)CN1. The molecular formula is C11H15NO. The molecule has 2 atom stereocenters. The molecule has 0 radical (unpaired) electrons. The van der Waals surface area contributed by atoms with E-state index in [2.05, 4.69) is 12.2 Å². The van der Waals surface area contributed by atoms with E-state index in [0.29, 0.717) is 17.7 Å². The number of hydrogen-bond donors (Lipinski definition) is 2. The van der Waals surface area contributed by atoms with Crippen molar-refractivity contribution in [1.82, 2.24) is 5.32 Å². The molecule has 1 saturated heterocycles. The first-order valence-electron chi connectivity index (χ1n) is 4.78. The maximum Gasteiger partial charge on any atom is 0.115 e. The van der Waals surface area contributed by atoms with Crippen LogP contribution in [0.1, 0.15) is 24.8 Å². The molecule has 0 amide bonds. The van der Waals surface area contributed by atoms with Crippen LogP contribution in [-0.2, 0) is 0 Å². The van der Waals surface area contributed by atoms with Crippen LogP contribution in [0.5, 0.6) is 5.75 Å². The molecular weight excluding hydrogens is 162 g/mol. The van der Waals surface area contributed by atoms with Gasteiger partial charge in [-0.15, -0.1) is 0 Å². The second kappa shape index (κ2) is 3.38. The Morgan fingerprint density at radius 2 is 2.00 bits per heavy atom. The molecule has 0 aliphatic carbocycles. The fourth-order valence-electron chi connectivity index (χ4n) is 1.94. The highest BCUT2D eigenvalue weighted by atomic mass is 16.3. The van der Waals surface area contributed by atoms with E-state index >= 15 is 0 Å². The van der Waals surface area contributed by atoms with Gasteiger partial charge in [0.15, 0.2) is 0 Å². The van der Waals surface area contributed by atoms with Crippen molar-refractivity contribution in [2.45, 2.75) is 25.3 Å². The lowest BCUT2D eigenvalue weighted by Gasteiger charge is -2.08. The molecule has 70 valence electrons. The highest BCUT2D eigenvalue weighted by Gasteiger charge is 2.21. The van der Waals surface area contributed by atoms with Crippen LogP contribution >= 0.6 is 0 Å². The summed E-state index contributed by atoms with van der Waals surface area (Å²) in [4.78, 5) is 0. The van der Waals surface area contributed by atoms with Gasteiger partial charge in [0.25, 0.3) is 0 Å². The van der Waals surface area contributed by atoms with E-state index < -0.39 is 0 Å². The summed E-state index contributed by atoms with van der Waals surface area (Å²) in [6.45, 7) is 3.27. The highest BCUT2D eigenvalue weighted by molar-refractivity contribution is 5.29. The third-order valence-corrected chi connectivity index (χ3v) is 2.72. The molecule has 13 heavy (non-hydrogen) atoms. The van der Waals surface area contributed by atoms with Crippen LogP contribution in [0.2, 0.25) is 0 Å². The highest BCUT2D eigenvalue weighted by Crippen LogP contribution is 2.26. The van der Waals surface area contributed by atoms with Gasteiger partial charge in [-0.1, -0.05) is 12.1 Å². The molecule has 2 N–H and O–H groups in total. The predicted molar refractivity (Wildman–Crippen MR) is 52.9 cm³/mol. The number of phenols is 1. The van der Waals surface area contributed by atoms with Gasteiger partial charge >= 0.3 is 0 Å². The van der Waals surface area contributed by atoms with Crippen LogP contribution < -0.4 is 5.32 Å². The fourth-order valence-corrected chi connectivity index (χ4v) is 1.94. The van der Waals surface area contributed by atoms with Crippen molar-refractivity contribution in [1.29, 1.82) is 0 Å². The summed E-state index contributed by atoms with van der Waals surface area (Å²) in [5.74, 6) is 0.971. The number of nitrogens with one attached hydrogen (secondary N) is 1. The van der Waals surface area contributed by atoms with Crippen molar-refractivity contribution in [3.05, 3.63) is 29.8 Å². The van der Waals surface area contributed by atoms with Gasteiger partial charge in [0.2, 0.25) is 0 Å². The molecule has 2 nitrogen and oxygen atoms in total. The average Bonchev–Trinajstić information content (AvgIpc) is 2.53. The summed E-state index contributed by atoms with van der Waals surface area (Å²) in [6, 6.07) is 8.18. The second-order valence-corrected chi connectivity index (χ2v) is 3.83. The van der Waals surface area contributed by atoms with E-state index in [1.807, 2.05) is 12.1 Å². The van der Waals surface area contributed by atoms with E-state index in [4.69, 9.17) is 5.11 Å². The van der Waals surface area contributed by atoms with Gasteiger partial charge in [0.05, 0.1) is 0 Å². The fraction of sp³-hybridized carbons (Fsp3) is 0.455. The molecule has 2 rings (SSSR count). The van der Waals surface area contributed by atoms with Crippen LogP contribution in [0, 0.1) is 0 Å². The van der Waals surface area contributed by atoms with E-state index in [1.54, 1.807) is 12.1 Å². The third kappa shape index (κ3) is 1.83. The molecule has 0 saturated carbocycles. The Morgan fingerprint density at radius 3 is 2.54 bits per heavy atom. The lowest BCUT2D eigenvalue weighted by molar-refractivity contribution is 0.475. The second-order valence-electron chi connectivity index (χ2n) is 3.83. The van der Waals surface area contributed by atoms with E-state index in [0.717, 1.165) is 6.54 Å². The van der Waals surface area contributed by atoms with Gasteiger partial charge in [-0.2, -0.15) is 0 Å². The van der Waals surface area contributed by atoms with E-state index in [-0.39, 0.29) is 0 Å². The number of hydrogen-bond acceptors (Lipinski definition) is 2. The number of benzene rings is 1. The van der Waals surface area contributed by atoms with Gasteiger partial charge in [0.1, 0.15) is 5.75 Å². The van der Waals surface area contributed by atoms with Crippen LogP contribution in [0.3, 0.4) is 0 Å². The zero-order valence-corrected chi connectivity index (χ0v) is 7.83. The third-order valence-electron chi connectivity index (χ3n) is 2.72. The van der Waals surface area contributed by atoms with Crippen LogP contribution in [-0.4, -0.2) is 17.7 Å². The van der Waals surface area contributed by atoms with Gasteiger partial charge < -0.3 is 10.4 Å². The van der Waals surface area contributed by atoms with Crippen molar-refractivity contribution < 1.29 is 5.11 Å². The van der Waals surface area contributed by atoms with Crippen molar-refractivity contribution in [2.24, 2.45) is 0 Å². The molecule has 1 aliphatic heterocycles. The maximum absolute atomic E-state index is 9.14. The van der Waals surface area contributed by atoms with Crippen LogP contribution in [0.25, 0.3) is 0 Å². The quantitative estimate of drug-likeness (QED) is 0.686. The molecule has 1 aromatic rings. The van der Waals surface area contributed by atoms with Crippen molar-refractivity contribution >= 4 is 0 Å². The molecule has 1 aromatic carbocycles. The standard InChI is InChI=1S/C11H15NO/c1-8-6-10(7-12-8)9-2-4-11(13)5-3-9/h2-5,8,10,12-13H,6-7H2,1H3. The zero-order chi connectivity index (χ0) is 9.26. The molecule has 1 fully saturated rings. The Labute approximate surface area is 78.6 Å². The lowest BCUT2D eigenvalue weighted by atomic mass is 9.97. The molecule has 0 bridgehead atoms. The molecule has 0 aromatic heterocycles. The molecule has 2 heteroatoms. The minimum Gasteiger partial charge on any atom is -0.508 e. The van der Waals surface area contributed by atoms with Crippen molar-refractivity contribution in [2.75, 3.05) is 6.54 Å². The Bertz CT molecular complexity index is 281. The van der Waals surface area contributed by atoms with Crippen LogP contribution in [0.15, 0.2) is 24.3 Å². The van der Waals surface area contributed by atoms with Gasteiger partial charge in [-0.3, -0.25) is 0 Å². The summed E-state index contributed by atoms with van der Waals surface area (Å²) in [5.41, 5.74) is 1.33. The average molecular weight is 177 g/mol. The van der Waals surface area contributed by atoms with Crippen molar-refractivity contribution in [3.63, 3.8) is 0 Å². The largest absolute Gasteiger partial charge is 0.508 e. The van der Waals surface area contributed by atoms with Gasteiger partial charge in [-0.05, 0) is 37.0 Å². The molecule has 1 heterocycles. The number of rotatable bonds is 1. The summed E-state index contributed by atoms with van der Waals surface area (Å²) >= 11 is 0. The first kappa shape index (κ1) is 8.57. The summed E-state index contributed by atoms with van der Waals surface area (Å²) in [6.07, 6.45) is 1.20. The first-order valence-corrected chi connectivity index (χ1v) is 4.78. The number of aromatic hydroxyl groups is 1. The van der Waals surface area contributed by atoms with Gasteiger partial charge in [-0.25, -0.2) is 0 Å².